The Kier molecular flexibility index (Phi) is 8.25. The van der Waals surface area contributed by atoms with Crippen molar-refractivity contribution in [2.24, 2.45) is 5.73 Å². The lowest BCUT2D eigenvalue weighted by atomic mass is 10.1. The molecule has 9 nitrogen and oxygen atoms in total. The number of rotatable bonds is 9. The molecule has 0 radical (unpaired) electrons. The molecular formula is C29H23Cl2N5O4S. The maximum atomic E-state index is 13.7. The van der Waals surface area contributed by atoms with Crippen molar-refractivity contribution in [3.05, 3.63) is 120 Å². The summed E-state index contributed by atoms with van der Waals surface area (Å²) in [6.45, 7) is 0.568. The Hall–Kier alpha value is -4.38. The average molecular weight is 609 g/mol. The van der Waals surface area contributed by atoms with Gasteiger partial charge < -0.3 is 15.8 Å². The van der Waals surface area contributed by atoms with E-state index in [-0.39, 0.29) is 45.6 Å². The Morgan fingerprint density at radius 2 is 1.68 bits per heavy atom. The predicted octanol–water partition coefficient (Wildman–Crippen LogP) is 5.54. The van der Waals surface area contributed by atoms with Gasteiger partial charge in [-0.05, 0) is 48.0 Å². The lowest BCUT2D eigenvalue weighted by Crippen LogP contribution is -2.21. The number of amides is 1. The Morgan fingerprint density at radius 1 is 0.976 bits per heavy atom. The fraction of sp³-hybridized carbons (Fsp3) is 0.103. The Bertz CT molecular complexity index is 1800. The van der Waals surface area contributed by atoms with E-state index in [0.29, 0.717) is 16.4 Å². The number of halogens is 2. The van der Waals surface area contributed by atoms with E-state index in [1.807, 2.05) is 36.4 Å². The summed E-state index contributed by atoms with van der Waals surface area (Å²) in [4.78, 5) is 38.9. The van der Waals surface area contributed by atoms with Crippen molar-refractivity contribution in [1.82, 2.24) is 14.3 Å². The van der Waals surface area contributed by atoms with Crippen LogP contribution in [0, 0.1) is 0 Å². The van der Waals surface area contributed by atoms with Gasteiger partial charge in [0.25, 0.3) is 11.5 Å². The summed E-state index contributed by atoms with van der Waals surface area (Å²) in [6.07, 6.45) is 0. The molecule has 5 aromatic rings. The van der Waals surface area contributed by atoms with Gasteiger partial charge in [-0.15, -0.1) is 11.3 Å². The summed E-state index contributed by atoms with van der Waals surface area (Å²) < 4.78 is 8.98. The van der Waals surface area contributed by atoms with Gasteiger partial charge in [0.1, 0.15) is 10.8 Å². The van der Waals surface area contributed by atoms with Crippen LogP contribution in [0.2, 0.25) is 9.49 Å². The van der Waals surface area contributed by atoms with Crippen molar-refractivity contribution in [2.75, 3.05) is 12.4 Å². The number of methoxy groups -OCH3 is 1. The fourth-order valence-corrected chi connectivity index (χ4v) is 5.56. The standard InChI is InChI=1S/C29H23Cl2N5O4S/c1-40-25-24(21-12-14-23(37)35(26(21)31)16-17-5-3-2-4-6-17)34-36(28(25)33-15-20-11-13-22(30)41-20)29(39)19-9-7-18(8-10-19)27(32)38/h2-14,33H,15-16H2,1H3,(H2,32,38). The number of benzene rings is 2. The van der Waals surface area contributed by atoms with Gasteiger partial charge in [0.05, 0.1) is 24.5 Å². The van der Waals surface area contributed by atoms with E-state index in [2.05, 4.69) is 10.4 Å². The van der Waals surface area contributed by atoms with E-state index >= 15 is 0 Å². The highest BCUT2D eigenvalue weighted by molar-refractivity contribution is 7.16. The lowest BCUT2D eigenvalue weighted by molar-refractivity contribution is 0.0945. The van der Waals surface area contributed by atoms with Gasteiger partial charge in [0.15, 0.2) is 11.6 Å². The van der Waals surface area contributed by atoms with E-state index in [9.17, 15) is 14.4 Å². The molecule has 3 N–H and O–H groups in total. The molecule has 208 valence electrons. The van der Waals surface area contributed by atoms with Crippen molar-refractivity contribution in [3.8, 4) is 17.0 Å². The van der Waals surface area contributed by atoms with Gasteiger partial charge in [-0.3, -0.25) is 19.0 Å². The minimum absolute atomic E-state index is 0.138. The number of carbonyl (C=O) groups excluding carboxylic acids is 2. The molecule has 0 bridgehead atoms. The molecule has 0 fully saturated rings. The quantitative estimate of drug-likeness (QED) is 0.212. The maximum absolute atomic E-state index is 13.7. The molecule has 3 heterocycles. The first-order valence-corrected chi connectivity index (χ1v) is 13.9. The molecule has 0 atom stereocenters. The topological polar surface area (TPSA) is 121 Å². The Morgan fingerprint density at radius 3 is 2.32 bits per heavy atom. The lowest BCUT2D eigenvalue weighted by Gasteiger charge is -2.12. The SMILES string of the molecule is COc1c(-c2ccc(=O)n(Cc3ccccc3)c2Cl)nn(C(=O)c2ccc(C(N)=O)cc2)c1NCc1ccc(Cl)s1. The second-order valence-corrected chi connectivity index (χ2v) is 11.1. The number of ether oxygens (including phenoxy) is 1. The third-order valence-electron chi connectivity index (χ3n) is 6.27. The molecule has 0 aliphatic carbocycles. The van der Waals surface area contributed by atoms with Crippen LogP contribution in [0.4, 0.5) is 5.82 Å². The number of hydrogen-bond donors (Lipinski definition) is 2. The molecule has 0 aliphatic rings. The molecule has 0 spiro atoms. The zero-order chi connectivity index (χ0) is 29.1. The van der Waals surface area contributed by atoms with Crippen LogP contribution in [-0.4, -0.2) is 33.3 Å². The molecule has 2 aromatic carbocycles. The number of nitrogens with zero attached hydrogens (tertiary/aromatic N) is 3. The highest BCUT2D eigenvalue weighted by atomic mass is 35.5. The van der Waals surface area contributed by atoms with Crippen LogP contribution in [0.3, 0.4) is 0 Å². The molecule has 0 saturated carbocycles. The normalized spacial score (nSPS) is 10.9. The number of carbonyl (C=O) groups is 2. The summed E-state index contributed by atoms with van der Waals surface area (Å²) >= 11 is 14.3. The van der Waals surface area contributed by atoms with Crippen LogP contribution in [0.1, 0.15) is 31.2 Å². The molecule has 0 saturated heterocycles. The van der Waals surface area contributed by atoms with Crippen LogP contribution < -0.4 is 21.3 Å². The highest BCUT2D eigenvalue weighted by Gasteiger charge is 2.27. The highest BCUT2D eigenvalue weighted by Crippen LogP contribution is 2.40. The van der Waals surface area contributed by atoms with Crippen LogP contribution in [0.5, 0.6) is 5.75 Å². The zero-order valence-electron chi connectivity index (χ0n) is 21.6. The first kappa shape index (κ1) is 28.2. The zero-order valence-corrected chi connectivity index (χ0v) is 24.0. The maximum Gasteiger partial charge on any atom is 0.280 e. The fourth-order valence-electron chi connectivity index (χ4n) is 4.24. The minimum atomic E-state index is -0.607. The van der Waals surface area contributed by atoms with Crippen LogP contribution in [-0.2, 0) is 13.1 Å². The Balaban J connectivity index is 1.62. The summed E-state index contributed by atoms with van der Waals surface area (Å²) in [5, 5.41) is 7.98. The monoisotopic (exact) mass is 607 g/mol. The third-order valence-corrected chi connectivity index (χ3v) is 7.91. The number of thiophene rings is 1. The summed E-state index contributed by atoms with van der Waals surface area (Å²) in [5.41, 5.74) is 7.12. The number of pyridine rings is 1. The molecule has 3 aromatic heterocycles. The van der Waals surface area contributed by atoms with Crippen molar-refractivity contribution in [1.29, 1.82) is 0 Å². The van der Waals surface area contributed by atoms with Gasteiger partial charge in [0.2, 0.25) is 5.91 Å². The van der Waals surface area contributed by atoms with E-state index in [1.54, 1.807) is 12.1 Å². The summed E-state index contributed by atoms with van der Waals surface area (Å²) in [7, 11) is 1.46. The van der Waals surface area contributed by atoms with Gasteiger partial charge in [-0.25, -0.2) is 0 Å². The second-order valence-electron chi connectivity index (χ2n) is 8.90. The largest absolute Gasteiger partial charge is 0.491 e. The molecule has 0 unspecified atom stereocenters. The first-order chi connectivity index (χ1) is 19.8. The van der Waals surface area contributed by atoms with Crippen LogP contribution in [0.15, 0.2) is 83.7 Å². The molecule has 12 heteroatoms. The van der Waals surface area contributed by atoms with Crippen molar-refractivity contribution in [3.63, 3.8) is 0 Å². The van der Waals surface area contributed by atoms with Gasteiger partial charge >= 0.3 is 0 Å². The molecule has 5 rings (SSSR count). The summed E-state index contributed by atoms with van der Waals surface area (Å²) in [5.74, 6) is -0.579. The number of nitrogens with one attached hydrogen (secondary N) is 1. The van der Waals surface area contributed by atoms with E-state index in [4.69, 9.17) is 33.7 Å². The number of aromatic nitrogens is 3. The molecule has 0 aliphatic heterocycles. The summed E-state index contributed by atoms with van der Waals surface area (Å²) in [6, 6.07) is 22.0. The second kappa shape index (κ2) is 12.0. The molecular weight excluding hydrogens is 585 g/mol. The first-order valence-electron chi connectivity index (χ1n) is 12.3. The number of nitrogens with two attached hydrogens (primary N) is 1. The molecule has 41 heavy (non-hydrogen) atoms. The minimum Gasteiger partial charge on any atom is -0.491 e. The Labute approximate surface area is 248 Å². The van der Waals surface area contributed by atoms with E-state index < -0.39 is 11.8 Å². The smallest absolute Gasteiger partial charge is 0.280 e. The number of hydrogen-bond acceptors (Lipinski definition) is 7. The average Bonchev–Trinajstić information content (AvgIpc) is 3.57. The molecule has 1 amide bonds. The van der Waals surface area contributed by atoms with Crippen LogP contribution >= 0.6 is 34.5 Å². The number of primary amides is 1. The van der Waals surface area contributed by atoms with Crippen molar-refractivity contribution in [2.45, 2.75) is 13.1 Å². The van der Waals surface area contributed by atoms with E-state index in [0.717, 1.165) is 10.4 Å². The van der Waals surface area contributed by atoms with Gasteiger partial charge in [-0.1, -0.05) is 53.5 Å². The van der Waals surface area contributed by atoms with Crippen LogP contribution in [0.25, 0.3) is 11.3 Å². The predicted molar refractivity (Wildman–Crippen MR) is 160 cm³/mol. The van der Waals surface area contributed by atoms with Gasteiger partial charge in [-0.2, -0.15) is 9.78 Å². The van der Waals surface area contributed by atoms with E-state index in [1.165, 1.54) is 58.0 Å². The van der Waals surface area contributed by atoms with Crippen molar-refractivity contribution < 1.29 is 14.3 Å². The third kappa shape index (κ3) is 5.90. The number of anilines is 1. The van der Waals surface area contributed by atoms with Gasteiger partial charge in [0, 0.05) is 27.6 Å². The van der Waals surface area contributed by atoms with Crippen molar-refractivity contribution >= 4 is 52.2 Å².